The molecule has 0 atom stereocenters. The summed E-state index contributed by atoms with van der Waals surface area (Å²) in [5.74, 6) is 1.76. The van der Waals surface area contributed by atoms with Crippen LogP contribution in [0.4, 0.5) is 24.7 Å². The highest BCUT2D eigenvalue weighted by molar-refractivity contribution is 5.77. The maximum absolute atomic E-state index is 12.9. The van der Waals surface area contributed by atoms with Crippen LogP contribution in [0.3, 0.4) is 0 Å². The van der Waals surface area contributed by atoms with Crippen LogP contribution in [0.1, 0.15) is 17.0 Å². The fraction of sp³-hybridized carbons (Fsp3) is 0.150. The van der Waals surface area contributed by atoms with Crippen LogP contribution < -0.4 is 5.32 Å². The Bertz CT molecular complexity index is 1160. The Labute approximate surface area is 158 Å². The van der Waals surface area contributed by atoms with Crippen molar-refractivity contribution in [1.82, 2.24) is 19.5 Å². The highest BCUT2D eigenvalue weighted by atomic mass is 19.4. The van der Waals surface area contributed by atoms with Crippen molar-refractivity contribution in [3.8, 4) is 5.82 Å². The number of benzene rings is 2. The van der Waals surface area contributed by atoms with Gasteiger partial charge in [0.05, 0.1) is 29.0 Å². The molecule has 0 saturated carbocycles. The predicted octanol–water partition coefficient (Wildman–Crippen LogP) is 5.19. The van der Waals surface area contributed by atoms with Crippen LogP contribution in [0.25, 0.3) is 16.9 Å². The first-order valence-electron chi connectivity index (χ1n) is 8.54. The largest absolute Gasteiger partial charge is 0.416 e. The Morgan fingerprint density at radius 1 is 0.964 bits per heavy atom. The number of nitrogens with one attached hydrogen (secondary N) is 1. The average Bonchev–Trinajstić information content (AvgIpc) is 2.96. The van der Waals surface area contributed by atoms with Crippen LogP contribution in [0.5, 0.6) is 0 Å². The molecule has 28 heavy (non-hydrogen) atoms. The fourth-order valence-electron chi connectivity index (χ4n) is 3.17. The quantitative estimate of drug-likeness (QED) is 0.529. The standard InChI is InChI=1S/C20H16F3N5/c1-12-9-14(7-8-15(12)20(21,22)23)26-18-10-24-11-19(27-18)28-13(2)25-16-5-3-4-6-17(16)28/h3-11H,1-2H3,(H,26,27). The van der Waals surface area contributed by atoms with Gasteiger partial charge in [-0.25, -0.2) is 9.97 Å². The van der Waals surface area contributed by atoms with Crippen molar-refractivity contribution >= 4 is 22.5 Å². The Morgan fingerprint density at radius 2 is 1.75 bits per heavy atom. The number of aryl methyl sites for hydroxylation is 2. The van der Waals surface area contributed by atoms with Gasteiger partial charge in [-0.3, -0.25) is 9.55 Å². The highest BCUT2D eigenvalue weighted by Crippen LogP contribution is 2.33. The van der Waals surface area contributed by atoms with E-state index in [9.17, 15) is 13.2 Å². The smallest absolute Gasteiger partial charge is 0.339 e. The van der Waals surface area contributed by atoms with Crippen molar-refractivity contribution < 1.29 is 13.2 Å². The summed E-state index contributed by atoms with van der Waals surface area (Å²) < 4.78 is 40.7. The topological polar surface area (TPSA) is 55.6 Å². The van der Waals surface area contributed by atoms with E-state index >= 15 is 0 Å². The second-order valence-electron chi connectivity index (χ2n) is 6.40. The number of halogens is 3. The van der Waals surface area contributed by atoms with Gasteiger partial charge < -0.3 is 5.32 Å². The minimum absolute atomic E-state index is 0.137. The number of nitrogens with zero attached hydrogens (tertiary/aromatic N) is 4. The molecule has 4 aromatic rings. The van der Waals surface area contributed by atoms with Gasteiger partial charge >= 0.3 is 6.18 Å². The van der Waals surface area contributed by atoms with Gasteiger partial charge in [0, 0.05) is 5.69 Å². The first-order chi connectivity index (χ1) is 13.3. The number of anilines is 2. The number of aromatic nitrogens is 4. The Morgan fingerprint density at radius 3 is 2.50 bits per heavy atom. The molecule has 0 aliphatic heterocycles. The maximum atomic E-state index is 12.9. The second-order valence-corrected chi connectivity index (χ2v) is 6.40. The first-order valence-corrected chi connectivity index (χ1v) is 8.54. The number of fused-ring (bicyclic) bond motifs is 1. The highest BCUT2D eigenvalue weighted by Gasteiger charge is 2.32. The molecule has 0 aliphatic rings. The lowest BCUT2D eigenvalue weighted by Gasteiger charge is -2.13. The van der Waals surface area contributed by atoms with Crippen LogP contribution in [-0.2, 0) is 6.18 Å². The lowest BCUT2D eigenvalue weighted by Crippen LogP contribution is -2.08. The molecule has 0 bridgehead atoms. The molecule has 2 aromatic heterocycles. The van der Waals surface area contributed by atoms with E-state index in [0.29, 0.717) is 17.3 Å². The van der Waals surface area contributed by atoms with E-state index in [1.807, 2.05) is 35.8 Å². The molecule has 2 aromatic carbocycles. The zero-order chi connectivity index (χ0) is 19.9. The Kier molecular flexibility index (Phi) is 4.26. The number of hydrogen-bond acceptors (Lipinski definition) is 4. The predicted molar refractivity (Wildman–Crippen MR) is 101 cm³/mol. The molecule has 0 spiro atoms. The van der Waals surface area contributed by atoms with Crippen LogP contribution >= 0.6 is 0 Å². The van der Waals surface area contributed by atoms with E-state index < -0.39 is 11.7 Å². The molecule has 4 rings (SSSR count). The third-order valence-electron chi connectivity index (χ3n) is 4.38. The maximum Gasteiger partial charge on any atom is 0.416 e. The first kappa shape index (κ1) is 18.0. The van der Waals surface area contributed by atoms with E-state index in [-0.39, 0.29) is 5.56 Å². The number of rotatable bonds is 3. The second kappa shape index (κ2) is 6.63. The summed E-state index contributed by atoms with van der Waals surface area (Å²) in [6.45, 7) is 3.30. The van der Waals surface area contributed by atoms with Crippen LogP contribution in [-0.4, -0.2) is 19.5 Å². The van der Waals surface area contributed by atoms with E-state index in [2.05, 4.69) is 20.3 Å². The summed E-state index contributed by atoms with van der Waals surface area (Å²) in [4.78, 5) is 13.3. The zero-order valence-corrected chi connectivity index (χ0v) is 15.1. The molecule has 0 radical (unpaired) electrons. The average molecular weight is 383 g/mol. The van der Waals surface area contributed by atoms with Crippen molar-refractivity contribution in [2.24, 2.45) is 0 Å². The van der Waals surface area contributed by atoms with E-state index in [0.717, 1.165) is 22.9 Å². The third-order valence-corrected chi connectivity index (χ3v) is 4.38. The summed E-state index contributed by atoms with van der Waals surface area (Å²) in [5.41, 5.74) is 1.73. The van der Waals surface area contributed by atoms with Gasteiger partial charge in [0.1, 0.15) is 5.82 Å². The number of para-hydroxylation sites is 2. The molecule has 0 aliphatic carbocycles. The molecule has 0 unspecified atom stereocenters. The summed E-state index contributed by atoms with van der Waals surface area (Å²) in [6.07, 6.45) is -1.24. The molecule has 8 heteroatoms. The monoisotopic (exact) mass is 383 g/mol. The van der Waals surface area contributed by atoms with E-state index in [1.165, 1.54) is 25.3 Å². The van der Waals surface area contributed by atoms with Crippen molar-refractivity contribution in [2.45, 2.75) is 20.0 Å². The molecule has 5 nitrogen and oxygen atoms in total. The minimum Gasteiger partial charge on any atom is -0.339 e. The molecule has 0 saturated heterocycles. The van der Waals surface area contributed by atoms with Gasteiger partial charge in [0.25, 0.3) is 0 Å². The van der Waals surface area contributed by atoms with Gasteiger partial charge in [0.15, 0.2) is 11.6 Å². The summed E-state index contributed by atoms with van der Waals surface area (Å²) in [5, 5.41) is 3.02. The molecule has 1 N–H and O–H groups in total. The SMILES string of the molecule is Cc1cc(Nc2cncc(-n3c(C)nc4ccccc43)n2)ccc1C(F)(F)F. The summed E-state index contributed by atoms with van der Waals surface area (Å²) in [6, 6.07) is 11.6. The summed E-state index contributed by atoms with van der Waals surface area (Å²) in [7, 11) is 0. The van der Waals surface area contributed by atoms with Crippen molar-refractivity contribution in [1.29, 1.82) is 0 Å². The summed E-state index contributed by atoms with van der Waals surface area (Å²) >= 11 is 0. The van der Waals surface area contributed by atoms with Crippen LogP contribution in [0.15, 0.2) is 54.9 Å². The fourth-order valence-corrected chi connectivity index (χ4v) is 3.17. The van der Waals surface area contributed by atoms with Crippen LogP contribution in [0.2, 0.25) is 0 Å². The Balaban J connectivity index is 1.68. The Hall–Kier alpha value is -3.42. The van der Waals surface area contributed by atoms with Gasteiger partial charge in [-0.05, 0) is 49.7 Å². The van der Waals surface area contributed by atoms with Crippen molar-refractivity contribution in [2.75, 3.05) is 5.32 Å². The lowest BCUT2D eigenvalue weighted by atomic mass is 10.1. The lowest BCUT2D eigenvalue weighted by molar-refractivity contribution is -0.138. The van der Waals surface area contributed by atoms with Gasteiger partial charge in [0.2, 0.25) is 0 Å². The number of hydrogen-bond donors (Lipinski definition) is 1. The van der Waals surface area contributed by atoms with Crippen molar-refractivity contribution in [3.05, 3.63) is 71.8 Å². The number of imidazole rings is 1. The van der Waals surface area contributed by atoms with E-state index in [1.54, 1.807) is 6.20 Å². The normalized spacial score (nSPS) is 11.8. The molecule has 2 heterocycles. The van der Waals surface area contributed by atoms with Gasteiger partial charge in [-0.2, -0.15) is 13.2 Å². The molecular weight excluding hydrogens is 367 g/mol. The van der Waals surface area contributed by atoms with Gasteiger partial charge in [-0.15, -0.1) is 0 Å². The zero-order valence-electron chi connectivity index (χ0n) is 15.1. The number of alkyl halides is 3. The molecular formula is C20H16F3N5. The third kappa shape index (κ3) is 3.28. The van der Waals surface area contributed by atoms with Crippen molar-refractivity contribution in [3.63, 3.8) is 0 Å². The minimum atomic E-state index is -4.37. The van der Waals surface area contributed by atoms with E-state index in [4.69, 9.17) is 0 Å². The molecule has 0 amide bonds. The van der Waals surface area contributed by atoms with Crippen LogP contribution in [0, 0.1) is 13.8 Å². The van der Waals surface area contributed by atoms with Gasteiger partial charge in [-0.1, -0.05) is 12.1 Å². The molecule has 0 fully saturated rings. The molecule has 142 valence electrons.